The molecule has 3 nitrogen and oxygen atoms in total. The largest absolute Gasteiger partial charge is 0.316 e. The smallest absolute Gasteiger partial charge is 0.149 e. The van der Waals surface area contributed by atoms with Gasteiger partial charge in [-0.3, -0.25) is 9.78 Å². The Morgan fingerprint density at radius 3 is 3.05 bits per heavy atom. The number of ketones is 1. The Balaban J connectivity index is 1.93. The van der Waals surface area contributed by atoms with Gasteiger partial charge >= 0.3 is 0 Å². The van der Waals surface area contributed by atoms with Gasteiger partial charge in [-0.15, -0.1) is 0 Å². The Labute approximate surface area is 114 Å². The molecule has 0 aromatic carbocycles. The van der Waals surface area contributed by atoms with Crippen LogP contribution in [0.3, 0.4) is 0 Å². The van der Waals surface area contributed by atoms with Crippen molar-refractivity contribution in [3.63, 3.8) is 0 Å². The molecule has 3 heteroatoms. The zero-order chi connectivity index (χ0) is 13.5. The number of Topliss-reactive ketones (excluding diaryl/α,β-unsaturated/α-hetero) is 1. The van der Waals surface area contributed by atoms with Gasteiger partial charge in [0.05, 0.1) is 11.6 Å². The summed E-state index contributed by atoms with van der Waals surface area (Å²) in [5, 5.41) is 3.38. The highest BCUT2D eigenvalue weighted by Gasteiger charge is 2.48. The summed E-state index contributed by atoms with van der Waals surface area (Å²) in [6, 6.07) is 4.09. The molecule has 0 radical (unpaired) electrons. The maximum Gasteiger partial charge on any atom is 0.149 e. The Morgan fingerprint density at radius 1 is 1.53 bits per heavy atom. The molecule has 1 aliphatic heterocycles. The predicted molar refractivity (Wildman–Crippen MR) is 75.1 cm³/mol. The van der Waals surface area contributed by atoms with E-state index in [2.05, 4.69) is 30.2 Å². The standard InChI is InChI=1S/C16H22N2O/c1-11(2)16(7-9-17-10-16)15(19)13-6-5-12-4-3-8-18-14(12)13/h3-4,8,11,13,17H,5-7,9-10H2,1-2H3. The minimum absolute atomic E-state index is 0.0264. The highest BCUT2D eigenvalue weighted by molar-refractivity contribution is 5.92. The molecule has 1 aromatic rings. The summed E-state index contributed by atoms with van der Waals surface area (Å²) in [5.74, 6) is 0.839. The van der Waals surface area contributed by atoms with Gasteiger partial charge in [0, 0.05) is 18.2 Å². The fraction of sp³-hybridized carbons (Fsp3) is 0.625. The zero-order valence-electron chi connectivity index (χ0n) is 11.8. The van der Waals surface area contributed by atoms with E-state index in [0.717, 1.165) is 38.0 Å². The van der Waals surface area contributed by atoms with Crippen LogP contribution in [0.25, 0.3) is 0 Å². The molecular formula is C16H22N2O. The van der Waals surface area contributed by atoms with Crippen molar-refractivity contribution in [1.29, 1.82) is 0 Å². The van der Waals surface area contributed by atoms with E-state index in [-0.39, 0.29) is 11.3 Å². The van der Waals surface area contributed by atoms with Crippen LogP contribution >= 0.6 is 0 Å². The normalized spacial score (nSPS) is 29.7. The Hall–Kier alpha value is -1.22. The lowest BCUT2D eigenvalue weighted by Gasteiger charge is -2.33. The van der Waals surface area contributed by atoms with E-state index in [1.165, 1.54) is 5.56 Å². The summed E-state index contributed by atoms with van der Waals surface area (Å²) in [7, 11) is 0. The summed E-state index contributed by atoms with van der Waals surface area (Å²) < 4.78 is 0. The number of aryl methyl sites for hydroxylation is 1. The lowest BCUT2D eigenvalue weighted by molar-refractivity contribution is -0.131. The van der Waals surface area contributed by atoms with Crippen LogP contribution in [0.2, 0.25) is 0 Å². The first-order valence-electron chi connectivity index (χ1n) is 7.34. The highest BCUT2D eigenvalue weighted by atomic mass is 16.1. The number of carbonyl (C=O) groups excluding carboxylic acids is 1. The maximum absolute atomic E-state index is 13.1. The van der Waals surface area contributed by atoms with Crippen LogP contribution in [0.1, 0.15) is 43.9 Å². The first-order valence-corrected chi connectivity index (χ1v) is 7.34. The van der Waals surface area contributed by atoms with Gasteiger partial charge in [0.1, 0.15) is 5.78 Å². The summed E-state index contributed by atoms with van der Waals surface area (Å²) in [6.07, 6.45) is 4.74. The second-order valence-corrected chi connectivity index (χ2v) is 6.24. The van der Waals surface area contributed by atoms with E-state index >= 15 is 0 Å². The van der Waals surface area contributed by atoms with Crippen LogP contribution in [0.5, 0.6) is 0 Å². The first-order chi connectivity index (χ1) is 9.15. The van der Waals surface area contributed by atoms with Crippen molar-refractivity contribution in [3.05, 3.63) is 29.6 Å². The number of fused-ring (bicyclic) bond motifs is 1. The minimum atomic E-state index is -0.177. The number of aromatic nitrogens is 1. The number of pyridine rings is 1. The highest BCUT2D eigenvalue weighted by Crippen LogP contribution is 2.43. The number of rotatable bonds is 3. The van der Waals surface area contributed by atoms with Crippen LogP contribution < -0.4 is 5.32 Å². The molecule has 0 bridgehead atoms. The molecule has 3 rings (SSSR count). The van der Waals surface area contributed by atoms with Crippen molar-refractivity contribution in [2.45, 2.75) is 39.0 Å². The Morgan fingerprint density at radius 2 is 2.37 bits per heavy atom. The third-order valence-electron chi connectivity index (χ3n) is 5.06. The van der Waals surface area contributed by atoms with Gasteiger partial charge in [-0.1, -0.05) is 19.9 Å². The molecule has 2 heterocycles. The number of hydrogen-bond acceptors (Lipinski definition) is 3. The Kier molecular flexibility index (Phi) is 3.17. The van der Waals surface area contributed by atoms with Gasteiger partial charge < -0.3 is 5.32 Å². The fourth-order valence-electron chi connectivity index (χ4n) is 3.71. The van der Waals surface area contributed by atoms with Crippen LogP contribution in [0.4, 0.5) is 0 Å². The molecule has 2 unspecified atom stereocenters. The van der Waals surface area contributed by atoms with Crippen molar-refractivity contribution in [1.82, 2.24) is 10.3 Å². The number of nitrogens with one attached hydrogen (secondary N) is 1. The minimum Gasteiger partial charge on any atom is -0.316 e. The quantitative estimate of drug-likeness (QED) is 0.904. The van der Waals surface area contributed by atoms with Gasteiger partial charge in [0.25, 0.3) is 0 Å². The van der Waals surface area contributed by atoms with E-state index in [4.69, 9.17) is 0 Å². The predicted octanol–water partition coefficient (Wildman–Crippen LogP) is 2.32. The Bertz CT molecular complexity index is 489. The molecule has 1 fully saturated rings. The monoisotopic (exact) mass is 258 g/mol. The van der Waals surface area contributed by atoms with E-state index in [1.54, 1.807) is 0 Å². The summed E-state index contributed by atoms with van der Waals surface area (Å²) in [5.41, 5.74) is 2.13. The molecule has 1 aliphatic carbocycles. The third kappa shape index (κ3) is 1.91. The van der Waals surface area contributed by atoms with Gasteiger partial charge in [0.15, 0.2) is 0 Å². The van der Waals surface area contributed by atoms with Crippen molar-refractivity contribution in [3.8, 4) is 0 Å². The molecule has 0 spiro atoms. The zero-order valence-corrected chi connectivity index (χ0v) is 11.8. The van der Waals surface area contributed by atoms with Gasteiger partial charge in [0.2, 0.25) is 0 Å². The van der Waals surface area contributed by atoms with Crippen LogP contribution in [0, 0.1) is 11.3 Å². The van der Waals surface area contributed by atoms with E-state index in [1.807, 2.05) is 12.3 Å². The molecular weight excluding hydrogens is 236 g/mol. The summed E-state index contributed by atoms with van der Waals surface area (Å²) in [4.78, 5) is 17.6. The van der Waals surface area contributed by atoms with Crippen LogP contribution in [-0.2, 0) is 11.2 Å². The molecule has 19 heavy (non-hydrogen) atoms. The molecule has 2 atom stereocenters. The second kappa shape index (κ2) is 4.71. The molecule has 1 aromatic heterocycles. The lowest BCUT2D eigenvalue weighted by Crippen LogP contribution is -2.41. The van der Waals surface area contributed by atoms with E-state index < -0.39 is 0 Å². The number of hydrogen-bond donors (Lipinski definition) is 1. The summed E-state index contributed by atoms with van der Waals surface area (Å²) >= 11 is 0. The van der Waals surface area contributed by atoms with Crippen LogP contribution in [0.15, 0.2) is 18.3 Å². The van der Waals surface area contributed by atoms with Gasteiger partial charge in [-0.2, -0.15) is 0 Å². The SMILES string of the molecule is CC(C)C1(C(=O)C2CCc3cccnc32)CCNC1. The van der Waals surface area contributed by atoms with E-state index in [0.29, 0.717) is 11.7 Å². The molecule has 102 valence electrons. The number of nitrogens with zero attached hydrogens (tertiary/aromatic N) is 1. The van der Waals surface area contributed by atoms with Crippen LogP contribution in [-0.4, -0.2) is 23.9 Å². The van der Waals surface area contributed by atoms with E-state index in [9.17, 15) is 4.79 Å². The fourth-order valence-corrected chi connectivity index (χ4v) is 3.71. The van der Waals surface area contributed by atoms with Crippen molar-refractivity contribution < 1.29 is 4.79 Å². The second-order valence-electron chi connectivity index (χ2n) is 6.24. The molecule has 2 aliphatic rings. The first kappa shape index (κ1) is 12.8. The molecule has 0 saturated carbocycles. The summed E-state index contributed by atoms with van der Waals surface area (Å²) in [6.45, 7) is 6.16. The van der Waals surface area contributed by atoms with Gasteiger partial charge in [-0.25, -0.2) is 0 Å². The molecule has 1 N–H and O–H groups in total. The average molecular weight is 258 g/mol. The third-order valence-corrected chi connectivity index (χ3v) is 5.06. The van der Waals surface area contributed by atoms with Crippen molar-refractivity contribution in [2.75, 3.05) is 13.1 Å². The maximum atomic E-state index is 13.1. The average Bonchev–Trinajstić information content (AvgIpc) is 3.06. The molecule has 1 saturated heterocycles. The van der Waals surface area contributed by atoms with Crippen molar-refractivity contribution in [2.24, 2.45) is 11.3 Å². The lowest BCUT2D eigenvalue weighted by atomic mass is 9.69. The number of carbonyl (C=O) groups is 1. The topological polar surface area (TPSA) is 42.0 Å². The van der Waals surface area contributed by atoms with Crippen molar-refractivity contribution >= 4 is 5.78 Å². The molecule has 0 amide bonds. The van der Waals surface area contributed by atoms with Gasteiger partial charge in [-0.05, 0) is 43.4 Å².